The van der Waals surface area contributed by atoms with Crippen LogP contribution in [0.3, 0.4) is 0 Å². The molecule has 4 rings (SSSR count). The van der Waals surface area contributed by atoms with Gasteiger partial charge in [-0.15, -0.1) is 0 Å². The van der Waals surface area contributed by atoms with Crippen molar-refractivity contribution in [2.45, 2.75) is 18.4 Å². The third-order valence-corrected chi connectivity index (χ3v) is 6.02. The van der Waals surface area contributed by atoms with Crippen molar-refractivity contribution in [3.63, 3.8) is 0 Å². The minimum absolute atomic E-state index is 0.0972. The zero-order chi connectivity index (χ0) is 22.0. The molecule has 1 aliphatic rings. The standard InChI is InChI=1S/C24H19Cl2NO4/c25-19-10-5-11-20(26)23(19)21(12-22(28)29)27-24(30)31-13-18-16-8-3-1-6-14(16)15-7-2-4-9-17(15)18/h1-11,18,21H,12-13H2,(H,27,30)(H,28,29)/t21-/m0/s1. The number of aliphatic carboxylic acids is 1. The molecule has 0 fully saturated rings. The van der Waals surface area contributed by atoms with E-state index in [1.54, 1.807) is 18.2 Å². The van der Waals surface area contributed by atoms with Gasteiger partial charge in [0.25, 0.3) is 0 Å². The number of carboxylic acid groups (broad SMARTS) is 1. The molecule has 0 aromatic heterocycles. The lowest BCUT2D eigenvalue weighted by molar-refractivity contribution is -0.137. The minimum Gasteiger partial charge on any atom is -0.481 e. The molecule has 3 aromatic rings. The lowest BCUT2D eigenvalue weighted by atomic mass is 9.98. The van der Waals surface area contributed by atoms with Gasteiger partial charge in [-0.1, -0.05) is 77.8 Å². The van der Waals surface area contributed by atoms with Crippen LogP contribution in [0.15, 0.2) is 66.7 Å². The van der Waals surface area contributed by atoms with Crippen LogP contribution in [-0.4, -0.2) is 23.8 Å². The summed E-state index contributed by atoms with van der Waals surface area (Å²) in [6.07, 6.45) is -1.11. The summed E-state index contributed by atoms with van der Waals surface area (Å²) in [5.74, 6) is -1.19. The number of amides is 1. The van der Waals surface area contributed by atoms with Crippen molar-refractivity contribution >= 4 is 35.3 Å². The molecule has 0 saturated carbocycles. The molecule has 5 nitrogen and oxygen atoms in total. The molecule has 31 heavy (non-hydrogen) atoms. The number of fused-ring (bicyclic) bond motifs is 3. The van der Waals surface area contributed by atoms with Gasteiger partial charge in [-0.25, -0.2) is 4.79 Å². The Hall–Kier alpha value is -3.02. The number of carbonyl (C=O) groups excluding carboxylic acids is 1. The lowest BCUT2D eigenvalue weighted by Crippen LogP contribution is -2.32. The van der Waals surface area contributed by atoms with Crippen molar-refractivity contribution in [3.05, 3.63) is 93.5 Å². The predicted molar refractivity (Wildman–Crippen MR) is 120 cm³/mol. The minimum atomic E-state index is -1.10. The van der Waals surface area contributed by atoms with Crippen molar-refractivity contribution in [1.29, 1.82) is 0 Å². The zero-order valence-electron chi connectivity index (χ0n) is 16.3. The SMILES string of the molecule is O=C(O)C[C@H](NC(=O)OCC1c2ccccc2-c2ccccc21)c1c(Cl)cccc1Cl. The fraction of sp³-hybridized carbons (Fsp3) is 0.167. The van der Waals surface area contributed by atoms with Gasteiger partial charge >= 0.3 is 12.1 Å². The molecular formula is C24H19Cl2NO4. The van der Waals surface area contributed by atoms with E-state index in [4.69, 9.17) is 27.9 Å². The monoisotopic (exact) mass is 455 g/mol. The molecule has 158 valence electrons. The Kier molecular flexibility index (Phi) is 6.16. The molecule has 0 aliphatic heterocycles. The fourth-order valence-corrected chi connectivity index (χ4v) is 4.69. The van der Waals surface area contributed by atoms with E-state index in [2.05, 4.69) is 17.4 Å². The maximum Gasteiger partial charge on any atom is 0.407 e. The Bertz CT molecular complexity index is 1080. The highest BCUT2D eigenvalue weighted by Crippen LogP contribution is 2.44. The summed E-state index contributed by atoms with van der Waals surface area (Å²) in [5, 5.41) is 12.4. The Morgan fingerprint density at radius 1 is 0.903 bits per heavy atom. The van der Waals surface area contributed by atoms with Crippen molar-refractivity contribution in [2.24, 2.45) is 0 Å². The smallest absolute Gasteiger partial charge is 0.407 e. The molecule has 0 unspecified atom stereocenters. The van der Waals surface area contributed by atoms with Crippen LogP contribution in [0.25, 0.3) is 11.1 Å². The summed E-state index contributed by atoms with van der Waals surface area (Å²) in [5.41, 5.74) is 4.78. The number of nitrogens with one attached hydrogen (secondary N) is 1. The number of benzene rings is 3. The van der Waals surface area contributed by atoms with Gasteiger partial charge in [0.15, 0.2) is 0 Å². The van der Waals surface area contributed by atoms with Crippen LogP contribution in [0.1, 0.15) is 35.1 Å². The first kappa shape index (κ1) is 21.2. The van der Waals surface area contributed by atoms with Crippen molar-refractivity contribution in [3.8, 4) is 11.1 Å². The topological polar surface area (TPSA) is 75.6 Å². The first-order valence-electron chi connectivity index (χ1n) is 9.73. The summed E-state index contributed by atoms with van der Waals surface area (Å²) in [6, 6.07) is 20.0. The first-order valence-corrected chi connectivity index (χ1v) is 10.5. The molecule has 0 radical (unpaired) electrons. The maximum atomic E-state index is 12.6. The average Bonchev–Trinajstić information content (AvgIpc) is 3.05. The number of alkyl carbamates (subject to hydrolysis) is 1. The predicted octanol–water partition coefficient (Wildman–Crippen LogP) is 6.05. The number of carboxylic acids is 1. The van der Waals surface area contributed by atoms with E-state index in [0.717, 1.165) is 22.3 Å². The molecule has 1 atom stereocenters. The Morgan fingerprint density at radius 2 is 1.45 bits per heavy atom. The Balaban J connectivity index is 1.51. The second kappa shape index (κ2) is 9.00. The quantitative estimate of drug-likeness (QED) is 0.474. The zero-order valence-corrected chi connectivity index (χ0v) is 17.9. The van der Waals surface area contributed by atoms with Crippen LogP contribution in [0.5, 0.6) is 0 Å². The number of hydrogen-bond acceptors (Lipinski definition) is 3. The van der Waals surface area contributed by atoms with E-state index in [1.165, 1.54) is 0 Å². The first-order chi connectivity index (χ1) is 15.0. The van der Waals surface area contributed by atoms with Crippen molar-refractivity contribution in [1.82, 2.24) is 5.32 Å². The molecule has 0 heterocycles. The van der Waals surface area contributed by atoms with E-state index in [1.807, 2.05) is 36.4 Å². The molecular weight excluding hydrogens is 437 g/mol. The normalized spacial score (nSPS) is 13.2. The van der Waals surface area contributed by atoms with Crippen molar-refractivity contribution < 1.29 is 19.4 Å². The van der Waals surface area contributed by atoms with Gasteiger partial charge in [-0.2, -0.15) is 0 Å². The highest BCUT2D eigenvalue weighted by molar-refractivity contribution is 6.36. The van der Waals surface area contributed by atoms with Crippen LogP contribution in [0.2, 0.25) is 10.0 Å². The largest absolute Gasteiger partial charge is 0.481 e. The van der Waals surface area contributed by atoms with Crippen LogP contribution >= 0.6 is 23.2 Å². The van der Waals surface area contributed by atoms with Gasteiger partial charge in [-0.05, 0) is 34.4 Å². The van der Waals surface area contributed by atoms with E-state index >= 15 is 0 Å². The third kappa shape index (κ3) is 4.38. The van der Waals surface area contributed by atoms with Crippen LogP contribution in [0, 0.1) is 0 Å². The second-order valence-electron chi connectivity index (χ2n) is 7.26. The van der Waals surface area contributed by atoms with E-state index < -0.39 is 18.1 Å². The number of carbonyl (C=O) groups is 2. The molecule has 3 aromatic carbocycles. The summed E-state index contributed by atoms with van der Waals surface area (Å²) in [4.78, 5) is 23.9. The van der Waals surface area contributed by atoms with Gasteiger partial charge in [0.05, 0.1) is 12.5 Å². The van der Waals surface area contributed by atoms with Crippen molar-refractivity contribution in [2.75, 3.05) is 6.61 Å². The highest BCUT2D eigenvalue weighted by atomic mass is 35.5. The summed E-state index contributed by atoms with van der Waals surface area (Å²) in [6.45, 7) is 0.121. The van der Waals surface area contributed by atoms with Gasteiger partial charge in [-0.3, -0.25) is 4.79 Å². The summed E-state index contributed by atoms with van der Waals surface area (Å²) >= 11 is 12.4. The average molecular weight is 456 g/mol. The third-order valence-electron chi connectivity index (χ3n) is 5.36. The summed E-state index contributed by atoms with van der Waals surface area (Å²) < 4.78 is 5.52. The molecule has 0 saturated heterocycles. The number of rotatable bonds is 6. The van der Waals surface area contributed by atoms with Gasteiger partial charge < -0.3 is 15.2 Å². The van der Waals surface area contributed by atoms with E-state index in [-0.39, 0.29) is 29.0 Å². The molecule has 1 amide bonds. The molecule has 1 aliphatic carbocycles. The van der Waals surface area contributed by atoms with Crippen LogP contribution in [0.4, 0.5) is 4.79 Å². The number of hydrogen-bond donors (Lipinski definition) is 2. The van der Waals surface area contributed by atoms with Gasteiger partial charge in [0, 0.05) is 21.5 Å². The second-order valence-corrected chi connectivity index (χ2v) is 8.07. The Morgan fingerprint density at radius 3 is 2.00 bits per heavy atom. The number of ether oxygens (including phenoxy) is 1. The number of halogens is 2. The highest BCUT2D eigenvalue weighted by Gasteiger charge is 2.30. The molecule has 0 spiro atoms. The van der Waals surface area contributed by atoms with E-state index in [9.17, 15) is 14.7 Å². The van der Waals surface area contributed by atoms with Crippen LogP contribution in [-0.2, 0) is 9.53 Å². The molecule has 2 N–H and O–H groups in total. The molecule has 7 heteroatoms. The Labute approximate surface area is 189 Å². The fourth-order valence-electron chi connectivity index (χ4n) is 4.03. The van der Waals surface area contributed by atoms with Crippen LogP contribution < -0.4 is 5.32 Å². The molecule has 0 bridgehead atoms. The van der Waals surface area contributed by atoms with Gasteiger partial charge in [0.1, 0.15) is 6.61 Å². The van der Waals surface area contributed by atoms with Gasteiger partial charge in [0.2, 0.25) is 0 Å². The maximum absolute atomic E-state index is 12.6. The summed E-state index contributed by atoms with van der Waals surface area (Å²) in [7, 11) is 0. The van der Waals surface area contributed by atoms with E-state index in [0.29, 0.717) is 5.56 Å². The lowest BCUT2D eigenvalue weighted by Gasteiger charge is -2.21.